The first-order valence-corrected chi connectivity index (χ1v) is 11.5. The van der Waals surface area contributed by atoms with E-state index in [1.807, 2.05) is 6.92 Å². The average Bonchev–Trinajstić information content (AvgIpc) is 3.00. The van der Waals surface area contributed by atoms with Crippen molar-refractivity contribution in [2.75, 3.05) is 6.61 Å². The molecule has 1 unspecified atom stereocenters. The SMILES string of the molecule is CCCCC(C)(C)C(O)CC=C1CC[C@H](O)[C@@H]1CCCCCCC(=O)OCC. The highest BCUT2D eigenvalue weighted by atomic mass is 16.5. The van der Waals surface area contributed by atoms with E-state index in [2.05, 4.69) is 26.8 Å². The number of aliphatic hydroxyl groups excluding tert-OH is 2. The quantitative estimate of drug-likeness (QED) is 0.229. The summed E-state index contributed by atoms with van der Waals surface area (Å²) < 4.78 is 4.95. The van der Waals surface area contributed by atoms with Gasteiger partial charge < -0.3 is 14.9 Å². The molecule has 0 radical (unpaired) electrons. The molecule has 1 fully saturated rings. The molecule has 0 aromatic heterocycles. The van der Waals surface area contributed by atoms with Crippen molar-refractivity contribution in [3.8, 4) is 0 Å². The summed E-state index contributed by atoms with van der Waals surface area (Å²) in [6.07, 6.45) is 13.1. The molecule has 2 N–H and O–H groups in total. The molecule has 0 saturated heterocycles. The Morgan fingerprint density at radius 2 is 1.93 bits per heavy atom. The minimum atomic E-state index is -0.326. The first-order valence-electron chi connectivity index (χ1n) is 11.5. The molecule has 0 amide bonds. The van der Waals surface area contributed by atoms with Gasteiger partial charge in [-0.2, -0.15) is 0 Å². The predicted molar refractivity (Wildman–Crippen MR) is 115 cm³/mol. The fraction of sp³-hybridized carbons (Fsp3) is 0.875. The summed E-state index contributed by atoms with van der Waals surface area (Å²) in [6.45, 7) is 8.79. The third-order valence-corrected chi connectivity index (χ3v) is 6.30. The van der Waals surface area contributed by atoms with Gasteiger partial charge in [0.05, 0.1) is 18.8 Å². The number of hydrogen-bond acceptors (Lipinski definition) is 4. The molecule has 0 heterocycles. The molecular formula is C24H44O4. The summed E-state index contributed by atoms with van der Waals surface area (Å²) in [7, 11) is 0. The van der Waals surface area contributed by atoms with Crippen LogP contribution in [0.25, 0.3) is 0 Å². The zero-order valence-corrected chi connectivity index (χ0v) is 18.7. The second-order valence-corrected chi connectivity index (χ2v) is 9.09. The first-order chi connectivity index (χ1) is 13.3. The Labute approximate surface area is 172 Å². The van der Waals surface area contributed by atoms with Crippen LogP contribution in [0.4, 0.5) is 0 Å². The molecule has 28 heavy (non-hydrogen) atoms. The minimum absolute atomic E-state index is 0.0568. The van der Waals surface area contributed by atoms with Crippen molar-refractivity contribution in [1.82, 2.24) is 0 Å². The van der Waals surface area contributed by atoms with Crippen LogP contribution in [0.1, 0.15) is 105 Å². The molecule has 3 atom stereocenters. The van der Waals surface area contributed by atoms with E-state index >= 15 is 0 Å². The van der Waals surface area contributed by atoms with Crippen molar-refractivity contribution in [2.45, 2.75) is 117 Å². The molecular weight excluding hydrogens is 352 g/mol. The molecule has 0 aromatic rings. The van der Waals surface area contributed by atoms with E-state index in [0.29, 0.717) is 19.4 Å². The third-order valence-electron chi connectivity index (χ3n) is 6.30. The second-order valence-electron chi connectivity index (χ2n) is 9.09. The van der Waals surface area contributed by atoms with Crippen molar-refractivity contribution < 1.29 is 19.7 Å². The minimum Gasteiger partial charge on any atom is -0.466 e. The standard InChI is InChI=1S/C24H44O4/c1-5-7-18-24(3,4)22(26)17-15-19-14-16-21(25)20(19)12-10-8-9-11-13-23(27)28-6-2/h15,20-22,25-26H,5-14,16-18H2,1-4H3/t20-,21+,22?/m1/s1. The van der Waals surface area contributed by atoms with Gasteiger partial charge in [0, 0.05) is 12.3 Å². The molecule has 4 nitrogen and oxygen atoms in total. The summed E-state index contributed by atoms with van der Waals surface area (Å²) in [6, 6.07) is 0. The Morgan fingerprint density at radius 1 is 1.21 bits per heavy atom. The summed E-state index contributed by atoms with van der Waals surface area (Å²) in [5, 5.41) is 21.0. The topological polar surface area (TPSA) is 66.8 Å². The largest absolute Gasteiger partial charge is 0.466 e. The number of carbonyl (C=O) groups is 1. The predicted octanol–water partition coefficient (Wildman–Crippen LogP) is 5.55. The number of ether oxygens (including phenoxy) is 1. The van der Waals surface area contributed by atoms with E-state index in [1.165, 1.54) is 5.57 Å². The molecule has 1 aliphatic carbocycles. The van der Waals surface area contributed by atoms with Gasteiger partial charge in [0.15, 0.2) is 0 Å². The molecule has 164 valence electrons. The Balaban J connectivity index is 2.38. The van der Waals surface area contributed by atoms with Crippen LogP contribution in [0.3, 0.4) is 0 Å². The number of hydrogen-bond donors (Lipinski definition) is 2. The van der Waals surface area contributed by atoms with Crippen molar-refractivity contribution in [1.29, 1.82) is 0 Å². The molecule has 0 spiro atoms. The Morgan fingerprint density at radius 3 is 2.61 bits per heavy atom. The van der Waals surface area contributed by atoms with Crippen LogP contribution in [0.2, 0.25) is 0 Å². The highest BCUT2D eigenvalue weighted by molar-refractivity contribution is 5.69. The third kappa shape index (κ3) is 9.09. The van der Waals surface area contributed by atoms with Crippen LogP contribution < -0.4 is 0 Å². The zero-order chi connectivity index (χ0) is 21.0. The van der Waals surface area contributed by atoms with E-state index in [1.54, 1.807) is 0 Å². The van der Waals surface area contributed by atoms with Crippen molar-refractivity contribution >= 4 is 5.97 Å². The zero-order valence-electron chi connectivity index (χ0n) is 18.7. The lowest BCUT2D eigenvalue weighted by Gasteiger charge is -2.30. The maximum absolute atomic E-state index is 11.3. The highest BCUT2D eigenvalue weighted by Gasteiger charge is 2.31. The van der Waals surface area contributed by atoms with E-state index in [9.17, 15) is 15.0 Å². The fourth-order valence-electron chi connectivity index (χ4n) is 4.18. The maximum Gasteiger partial charge on any atom is 0.305 e. The lowest BCUT2D eigenvalue weighted by molar-refractivity contribution is -0.143. The van der Waals surface area contributed by atoms with Gasteiger partial charge >= 0.3 is 5.97 Å². The van der Waals surface area contributed by atoms with Gasteiger partial charge in [0.1, 0.15) is 0 Å². The first kappa shape index (κ1) is 25.2. The van der Waals surface area contributed by atoms with Crippen LogP contribution in [0, 0.1) is 11.3 Å². The van der Waals surface area contributed by atoms with E-state index in [4.69, 9.17) is 4.74 Å². The molecule has 1 aliphatic rings. The monoisotopic (exact) mass is 396 g/mol. The smallest absolute Gasteiger partial charge is 0.305 e. The van der Waals surface area contributed by atoms with E-state index < -0.39 is 0 Å². The van der Waals surface area contributed by atoms with E-state index in [0.717, 1.165) is 64.2 Å². The van der Waals surface area contributed by atoms with Gasteiger partial charge in [-0.15, -0.1) is 0 Å². The fourth-order valence-corrected chi connectivity index (χ4v) is 4.18. The van der Waals surface area contributed by atoms with Gasteiger partial charge in [0.2, 0.25) is 0 Å². The number of aliphatic hydroxyl groups is 2. The Hall–Kier alpha value is -0.870. The summed E-state index contributed by atoms with van der Waals surface area (Å²) in [5.41, 5.74) is 1.28. The molecule has 0 aromatic carbocycles. The van der Waals surface area contributed by atoms with Crippen LogP contribution >= 0.6 is 0 Å². The van der Waals surface area contributed by atoms with E-state index in [-0.39, 0.29) is 29.5 Å². The van der Waals surface area contributed by atoms with Crippen LogP contribution in [-0.2, 0) is 9.53 Å². The number of unbranched alkanes of at least 4 members (excludes halogenated alkanes) is 4. The summed E-state index contributed by atoms with van der Waals surface area (Å²) >= 11 is 0. The van der Waals surface area contributed by atoms with Crippen LogP contribution in [-0.4, -0.2) is 35.0 Å². The number of esters is 1. The molecule has 1 saturated carbocycles. The van der Waals surface area contributed by atoms with Crippen molar-refractivity contribution in [2.24, 2.45) is 11.3 Å². The Kier molecular flexibility index (Phi) is 12.0. The number of rotatable bonds is 14. The van der Waals surface area contributed by atoms with Crippen molar-refractivity contribution in [3.05, 3.63) is 11.6 Å². The Bertz CT molecular complexity index is 469. The lowest BCUT2D eigenvalue weighted by atomic mass is 9.79. The number of carbonyl (C=O) groups excluding carboxylic acids is 1. The molecule has 4 heteroatoms. The molecule has 1 rings (SSSR count). The van der Waals surface area contributed by atoms with Gasteiger partial charge in [-0.05, 0) is 50.9 Å². The molecule has 0 bridgehead atoms. The maximum atomic E-state index is 11.3. The molecule has 0 aliphatic heterocycles. The van der Waals surface area contributed by atoms with Gasteiger partial charge in [-0.1, -0.05) is 64.5 Å². The van der Waals surface area contributed by atoms with Gasteiger partial charge in [-0.3, -0.25) is 4.79 Å². The highest BCUT2D eigenvalue weighted by Crippen LogP contribution is 2.37. The summed E-state index contributed by atoms with van der Waals surface area (Å²) in [5.74, 6) is 0.148. The lowest BCUT2D eigenvalue weighted by Crippen LogP contribution is -2.29. The average molecular weight is 397 g/mol. The second kappa shape index (κ2) is 13.4. The van der Waals surface area contributed by atoms with Gasteiger partial charge in [-0.25, -0.2) is 0 Å². The van der Waals surface area contributed by atoms with Crippen LogP contribution in [0.15, 0.2) is 11.6 Å². The van der Waals surface area contributed by atoms with Crippen molar-refractivity contribution in [3.63, 3.8) is 0 Å². The van der Waals surface area contributed by atoms with Crippen LogP contribution in [0.5, 0.6) is 0 Å². The normalized spacial score (nSPS) is 22.6. The van der Waals surface area contributed by atoms with Gasteiger partial charge in [0.25, 0.3) is 0 Å². The summed E-state index contributed by atoms with van der Waals surface area (Å²) in [4.78, 5) is 11.3.